The van der Waals surface area contributed by atoms with E-state index in [9.17, 15) is 14.4 Å². The van der Waals surface area contributed by atoms with Crippen molar-refractivity contribution in [2.45, 2.75) is 24.0 Å². The topological polar surface area (TPSA) is 96.5 Å². The Balaban J connectivity index is 1.33. The van der Waals surface area contributed by atoms with E-state index in [2.05, 4.69) is 16.0 Å². The van der Waals surface area contributed by atoms with Gasteiger partial charge in [-0.25, -0.2) is 0 Å². The highest BCUT2D eigenvalue weighted by Gasteiger charge is 2.23. The van der Waals surface area contributed by atoms with Gasteiger partial charge < -0.3 is 20.7 Å². The van der Waals surface area contributed by atoms with Crippen LogP contribution in [0.15, 0.2) is 144 Å². The van der Waals surface area contributed by atoms with Crippen molar-refractivity contribution in [2.24, 2.45) is 0 Å². The molecule has 0 fully saturated rings. The number of para-hydroxylation sites is 2. The quantitative estimate of drug-likeness (QED) is 0.0941. The average molecular weight is 642 g/mol. The van der Waals surface area contributed by atoms with E-state index in [1.165, 1.54) is 11.8 Å². The Morgan fingerprint density at radius 2 is 1.38 bits per heavy atom. The number of thioether (sulfide) groups is 1. The first kappa shape index (κ1) is 32.8. The number of nitrogens with one attached hydrogen (secondary N) is 3. The van der Waals surface area contributed by atoms with Crippen LogP contribution < -0.4 is 20.7 Å². The largest absolute Gasteiger partial charge is 0.492 e. The van der Waals surface area contributed by atoms with Crippen LogP contribution in [0.1, 0.15) is 39.2 Å². The molecule has 5 rings (SSSR count). The molecule has 5 aromatic rings. The summed E-state index contributed by atoms with van der Waals surface area (Å²) < 4.78 is 5.70. The van der Waals surface area contributed by atoms with Crippen molar-refractivity contribution in [3.63, 3.8) is 0 Å². The lowest BCUT2D eigenvalue weighted by molar-refractivity contribution is -0.116. The number of rotatable bonds is 12. The highest BCUT2D eigenvalue weighted by Crippen LogP contribution is 2.37. The number of amides is 3. The standard InChI is InChI=1S/C39H35N3O4S/c1-3-46-35-17-11-10-16-33(35)41-39(45)36(29-12-6-4-7-13-29)47-32-24-22-31(23-25-32)40-38(44)34(26-28-20-18-27(2)19-21-28)42-37(43)30-14-8-5-9-15-30/h4-26,36H,3H2,1-2H3,(H,40,44)(H,41,45)(H,42,43)/b34-26-. The fourth-order valence-electron chi connectivity index (χ4n) is 4.67. The maximum absolute atomic E-state index is 13.6. The molecule has 236 valence electrons. The second-order valence-electron chi connectivity index (χ2n) is 10.6. The van der Waals surface area contributed by atoms with Gasteiger partial charge >= 0.3 is 0 Å². The predicted molar refractivity (Wildman–Crippen MR) is 189 cm³/mol. The van der Waals surface area contributed by atoms with Gasteiger partial charge in [-0.05, 0) is 79.6 Å². The zero-order valence-electron chi connectivity index (χ0n) is 26.1. The van der Waals surface area contributed by atoms with E-state index in [1.54, 1.807) is 42.5 Å². The Bertz CT molecular complexity index is 1840. The number of hydrogen-bond donors (Lipinski definition) is 3. The number of hydrogen-bond acceptors (Lipinski definition) is 5. The number of benzene rings is 5. The Morgan fingerprint density at radius 1 is 0.745 bits per heavy atom. The molecule has 0 aliphatic carbocycles. The van der Waals surface area contributed by atoms with Crippen molar-refractivity contribution in [1.29, 1.82) is 0 Å². The second-order valence-corrected chi connectivity index (χ2v) is 11.8. The van der Waals surface area contributed by atoms with E-state index >= 15 is 0 Å². The van der Waals surface area contributed by atoms with Crippen LogP contribution in [0, 0.1) is 6.92 Å². The van der Waals surface area contributed by atoms with Crippen LogP contribution in [0.3, 0.4) is 0 Å². The fraction of sp³-hybridized carbons (Fsp3) is 0.103. The lowest BCUT2D eigenvalue weighted by Gasteiger charge is -2.19. The normalized spacial score (nSPS) is 11.7. The zero-order valence-corrected chi connectivity index (χ0v) is 26.9. The molecule has 0 aliphatic heterocycles. The molecule has 3 amide bonds. The predicted octanol–water partition coefficient (Wildman–Crippen LogP) is 8.28. The first-order valence-electron chi connectivity index (χ1n) is 15.2. The van der Waals surface area contributed by atoms with Crippen LogP contribution in [0.5, 0.6) is 5.75 Å². The second kappa shape index (κ2) is 16.1. The SMILES string of the molecule is CCOc1ccccc1NC(=O)C(Sc1ccc(NC(=O)/C(=C/c2ccc(C)cc2)NC(=O)c2ccccc2)cc1)c1ccccc1. The van der Waals surface area contributed by atoms with E-state index < -0.39 is 11.2 Å². The van der Waals surface area contributed by atoms with Crippen LogP contribution in [-0.2, 0) is 9.59 Å². The van der Waals surface area contributed by atoms with E-state index in [-0.39, 0.29) is 17.5 Å². The third-order valence-corrected chi connectivity index (χ3v) is 8.33. The van der Waals surface area contributed by atoms with Crippen molar-refractivity contribution in [3.8, 4) is 5.75 Å². The molecule has 0 aromatic heterocycles. The maximum Gasteiger partial charge on any atom is 0.272 e. The third-order valence-electron chi connectivity index (χ3n) is 7.07. The van der Waals surface area contributed by atoms with E-state index in [1.807, 2.05) is 111 Å². The maximum atomic E-state index is 13.6. The fourth-order valence-corrected chi connectivity index (χ4v) is 5.70. The molecule has 7 nitrogen and oxygen atoms in total. The van der Waals surface area contributed by atoms with E-state index in [0.717, 1.165) is 21.6 Å². The molecule has 0 radical (unpaired) electrons. The average Bonchev–Trinajstić information content (AvgIpc) is 3.10. The summed E-state index contributed by atoms with van der Waals surface area (Å²) in [6, 6.07) is 40.6. The van der Waals surface area contributed by atoms with Gasteiger partial charge in [0.25, 0.3) is 11.8 Å². The smallest absolute Gasteiger partial charge is 0.272 e. The van der Waals surface area contributed by atoms with Crippen LogP contribution in [0.4, 0.5) is 11.4 Å². The van der Waals surface area contributed by atoms with Crippen LogP contribution >= 0.6 is 11.8 Å². The molecule has 0 spiro atoms. The molecular formula is C39H35N3O4S. The summed E-state index contributed by atoms with van der Waals surface area (Å²) in [5.41, 5.74) is 4.39. The number of anilines is 2. The van der Waals surface area contributed by atoms with Crippen molar-refractivity contribution in [1.82, 2.24) is 5.32 Å². The summed E-state index contributed by atoms with van der Waals surface area (Å²) in [6.45, 7) is 4.36. The summed E-state index contributed by atoms with van der Waals surface area (Å²) in [6.07, 6.45) is 1.65. The molecule has 0 saturated carbocycles. The van der Waals surface area contributed by atoms with Crippen LogP contribution in [0.2, 0.25) is 0 Å². The monoisotopic (exact) mass is 641 g/mol. The third kappa shape index (κ3) is 9.22. The minimum absolute atomic E-state index is 0.106. The van der Waals surface area contributed by atoms with Crippen LogP contribution in [0.25, 0.3) is 6.08 Å². The van der Waals surface area contributed by atoms with Gasteiger partial charge in [0.15, 0.2) is 0 Å². The summed E-state index contributed by atoms with van der Waals surface area (Å²) in [5.74, 6) is -0.438. The number of aryl methyl sites for hydroxylation is 1. The highest BCUT2D eigenvalue weighted by molar-refractivity contribution is 8.00. The lowest BCUT2D eigenvalue weighted by atomic mass is 10.1. The minimum Gasteiger partial charge on any atom is -0.492 e. The molecule has 3 N–H and O–H groups in total. The molecule has 47 heavy (non-hydrogen) atoms. The first-order valence-corrected chi connectivity index (χ1v) is 16.1. The Hall–Kier alpha value is -5.60. The molecular weight excluding hydrogens is 607 g/mol. The van der Waals surface area contributed by atoms with Gasteiger partial charge in [0.2, 0.25) is 5.91 Å². The van der Waals surface area contributed by atoms with Gasteiger partial charge in [-0.15, -0.1) is 11.8 Å². The van der Waals surface area contributed by atoms with Gasteiger partial charge in [0.05, 0.1) is 12.3 Å². The number of carbonyl (C=O) groups excluding carboxylic acids is 3. The number of ether oxygens (including phenoxy) is 1. The summed E-state index contributed by atoms with van der Waals surface area (Å²) in [7, 11) is 0. The molecule has 5 aromatic carbocycles. The molecule has 8 heteroatoms. The van der Waals surface area contributed by atoms with Crippen molar-refractivity contribution < 1.29 is 19.1 Å². The van der Waals surface area contributed by atoms with Crippen molar-refractivity contribution >= 4 is 46.9 Å². The van der Waals surface area contributed by atoms with Gasteiger partial charge in [0.1, 0.15) is 16.7 Å². The summed E-state index contributed by atoms with van der Waals surface area (Å²) in [4.78, 5) is 40.9. The Morgan fingerprint density at radius 3 is 2.06 bits per heavy atom. The van der Waals surface area contributed by atoms with Gasteiger partial charge in [-0.1, -0.05) is 90.5 Å². The number of carbonyl (C=O) groups is 3. The van der Waals surface area contributed by atoms with Crippen LogP contribution in [-0.4, -0.2) is 24.3 Å². The van der Waals surface area contributed by atoms with Crippen molar-refractivity contribution in [2.75, 3.05) is 17.2 Å². The molecule has 1 unspecified atom stereocenters. The highest BCUT2D eigenvalue weighted by atomic mass is 32.2. The van der Waals surface area contributed by atoms with E-state index in [4.69, 9.17) is 4.74 Å². The molecule has 1 atom stereocenters. The van der Waals surface area contributed by atoms with Gasteiger partial charge in [-0.3, -0.25) is 14.4 Å². The summed E-state index contributed by atoms with van der Waals surface area (Å²) >= 11 is 1.40. The Labute approximate surface area is 279 Å². The summed E-state index contributed by atoms with van der Waals surface area (Å²) in [5, 5.41) is 8.14. The van der Waals surface area contributed by atoms with Gasteiger partial charge in [0, 0.05) is 16.1 Å². The molecule has 0 heterocycles. The zero-order chi connectivity index (χ0) is 33.0. The van der Waals surface area contributed by atoms with Gasteiger partial charge in [-0.2, -0.15) is 0 Å². The molecule has 0 aliphatic rings. The van der Waals surface area contributed by atoms with E-state index in [0.29, 0.717) is 29.3 Å². The Kier molecular flexibility index (Phi) is 11.2. The molecule has 0 saturated heterocycles. The minimum atomic E-state index is -0.552. The lowest BCUT2D eigenvalue weighted by Crippen LogP contribution is -2.30. The van der Waals surface area contributed by atoms with Crippen molar-refractivity contribution in [3.05, 3.63) is 161 Å². The molecule has 0 bridgehead atoms. The first-order chi connectivity index (χ1) is 22.9.